The number of benzene rings is 1. The first kappa shape index (κ1) is 13.5. The standard InChI is InChI=1S/C15H18F2N2O/c16-12-3-1-2-11(14(12)17)8-13(20)19-7-5-15(10-19)4-6-18-9-15/h1-3,18H,4-10H2. The van der Waals surface area contributed by atoms with E-state index in [1.54, 1.807) is 4.90 Å². The van der Waals surface area contributed by atoms with Crippen LogP contribution in [0.2, 0.25) is 0 Å². The molecule has 1 aromatic carbocycles. The van der Waals surface area contributed by atoms with Crippen LogP contribution in [0.25, 0.3) is 0 Å². The molecule has 2 heterocycles. The average molecular weight is 280 g/mol. The highest BCUT2D eigenvalue weighted by atomic mass is 19.2. The summed E-state index contributed by atoms with van der Waals surface area (Å²) >= 11 is 0. The Morgan fingerprint density at radius 1 is 1.35 bits per heavy atom. The molecule has 0 saturated carbocycles. The minimum absolute atomic E-state index is 0.0624. The van der Waals surface area contributed by atoms with E-state index in [1.165, 1.54) is 12.1 Å². The molecule has 1 atom stereocenters. The molecule has 108 valence electrons. The average Bonchev–Trinajstić information content (AvgIpc) is 3.06. The van der Waals surface area contributed by atoms with E-state index in [-0.39, 0.29) is 23.3 Å². The van der Waals surface area contributed by atoms with Crippen molar-refractivity contribution < 1.29 is 13.6 Å². The van der Waals surface area contributed by atoms with Gasteiger partial charge in [-0.05, 0) is 25.5 Å². The van der Waals surface area contributed by atoms with Crippen LogP contribution in [0.4, 0.5) is 8.78 Å². The molecule has 2 fully saturated rings. The van der Waals surface area contributed by atoms with Crippen LogP contribution in [0.1, 0.15) is 18.4 Å². The number of hydrogen-bond acceptors (Lipinski definition) is 2. The molecule has 1 spiro atoms. The molecule has 3 nitrogen and oxygen atoms in total. The fraction of sp³-hybridized carbons (Fsp3) is 0.533. The second-order valence-electron chi connectivity index (χ2n) is 5.88. The summed E-state index contributed by atoms with van der Waals surface area (Å²) in [6.45, 7) is 3.40. The summed E-state index contributed by atoms with van der Waals surface area (Å²) in [6, 6.07) is 3.98. The summed E-state index contributed by atoms with van der Waals surface area (Å²) in [5.74, 6) is -1.91. The number of hydrogen-bond donors (Lipinski definition) is 1. The molecular weight excluding hydrogens is 262 g/mol. The van der Waals surface area contributed by atoms with Gasteiger partial charge in [0.15, 0.2) is 11.6 Å². The molecule has 2 saturated heterocycles. The van der Waals surface area contributed by atoms with Crippen LogP contribution in [0.5, 0.6) is 0 Å². The molecule has 1 amide bonds. The Hall–Kier alpha value is -1.49. The number of rotatable bonds is 2. The predicted molar refractivity (Wildman–Crippen MR) is 71.2 cm³/mol. The second kappa shape index (κ2) is 5.13. The van der Waals surface area contributed by atoms with Gasteiger partial charge < -0.3 is 10.2 Å². The van der Waals surface area contributed by atoms with Crippen molar-refractivity contribution in [3.8, 4) is 0 Å². The quantitative estimate of drug-likeness (QED) is 0.894. The maximum atomic E-state index is 13.6. The van der Waals surface area contributed by atoms with E-state index in [0.29, 0.717) is 0 Å². The van der Waals surface area contributed by atoms with Crippen molar-refractivity contribution in [3.05, 3.63) is 35.4 Å². The molecule has 2 aliphatic rings. The van der Waals surface area contributed by atoms with Gasteiger partial charge in [0, 0.05) is 30.6 Å². The first-order valence-corrected chi connectivity index (χ1v) is 7.01. The van der Waals surface area contributed by atoms with Crippen LogP contribution >= 0.6 is 0 Å². The van der Waals surface area contributed by atoms with Gasteiger partial charge >= 0.3 is 0 Å². The van der Waals surface area contributed by atoms with E-state index < -0.39 is 11.6 Å². The lowest BCUT2D eigenvalue weighted by Crippen LogP contribution is -2.34. The van der Waals surface area contributed by atoms with Crippen LogP contribution in [-0.4, -0.2) is 37.0 Å². The zero-order valence-electron chi connectivity index (χ0n) is 11.3. The Balaban J connectivity index is 1.67. The molecule has 0 aromatic heterocycles. The largest absolute Gasteiger partial charge is 0.342 e. The summed E-state index contributed by atoms with van der Waals surface area (Å²) in [5.41, 5.74) is 0.344. The Morgan fingerprint density at radius 2 is 2.20 bits per heavy atom. The summed E-state index contributed by atoms with van der Waals surface area (Å²) in [4.78, 5) is 14.0. The van der Waals surface area contributed by atoms with Crippen molar-refractivity contribution in [2.24, 2.45) is 5.41 Å². The minimum Gasteiger partial charge on any atom is -0.342 e. The van der Waals surface area contributed by atoms with Crippen LogP contribution in [0.15, 0.2) is 18.2 Å². The van der Waals surface area contributed by atoms with E-state index in [4.69, 9.17) is 0 Å². The minimum atomic E-state index is -0.905. The summed E-state index contributed by atoms with van der Waals surface area (Å²) in [6.07, 6.45) is 2.02. The third-order valence-corrected chi connectivity index (χ3v) is 4.50. The predicted octanol–water partition coefficient (Wildman–Crippen LogP) is 1.72. The van der Waals surface area contributed by atoms with Gasteiger partial charge in [-0.1, -0.05) is 12.1 Å². The van der Waals surface area contributed by atoms with E-state index in [1.807, 2.05) is 0 Å². The number of carbonyl (C=O) groups is 1. The fourth-order valence-electron chi connectivity index (χ4n) is 3.25. The summed E-state index contributed by atoms with van der Waals surface area (Å²) in [5, 5.41) is 3.33. The highest BCUT2D eigenvalue weighted by molar-refractivity contribution is 5.79. The van der Waals surface area contributed by atoms with E-state index in [9.17, 15) is 13.6 Å². The van der Waals surface area contributed by atoms with Gasteiger partial charge in [0.05, 0.1) is 6.42 Å². The Labute approximate surface area is 117 Å². The number of likely N-dealkylation sites (tertiary alicyclic amines) is 1. The molecule has 1 aromatic rings. The maximum Gasteiger partial charge on any atom is 0.227 e. The Kier molecular flexibility index (Phi) is 3.46. The van der Waals surface area contributed by atoms with Crippen LogP contribution in [0.3, 0.4) is 0 Å². The third-order valence-electron chi connectivity index (χ3n) is 4.50. The normalized spacial score (nSPS) is 25.6. The Morgan fingerprint density at radius 3 is 2.95 bits per heavy atom. The van der Waals surface area contributed by atoms with Crippen molar-refractivity contribution in [2.45, 2.75) is 19.3 Å². The van der Waals surface area contributed by atoms with Gasteiger partial charge in [-0.3, -0.25) is 4.79 Å². The molecule has 1 N–H and O–H groups in total. The van der Waals surface area contributed by atoms with Crippen molar-refractivity contribution in [2.75, 3.05) is 26.2 Å². The molecule has 20 heavy (non-hydrogen) atoms. The lowest BCUT2D eigenvalue weighted by atomic mass is 9.86. The zero-order chi connectivity index (χ0) is 14.2. The number of nitrogens with one attached hydrogen (secondary N) is 1. The molecule has 0 bridgehead atoms. The molecule has 2 aliphatic heterocycles. The van der Waals surface area contributed by atoms with Gasteiger partial charge in [0.2, 0.25) is 5.91 Å². The van der Waals surface area contributed by atoms with E-state index in [2.05, 4.69) is 5.32 Å². The fourth-order valence-corrected chi connectivity index (χ4v) is 3.25. The van der Waals surface area contributed by atoms with Gasteiger partial charge in [0.25, 0.3) is 0 Å². The molecule has 0 aliphatic carbocycles. The molecule has 1 unspecified atom stereocenters. The first-order chi connectivity index (χ1) is 9.60. The van der Waals surface area contributed by atoms with Crippen molar-refractivity contribution >= 4 is 5.91 Å². The molecule has 0 radical (unpaired) electrons. The highest BCUT2D eigenvalue weighted by Crippen LogP contribution is 2.36. The highest BCUT2D eigenvalue weighted by Gasteiger charge is 2.41. The summed E-state index contributed by atoms with van der Waals surface area (Å²) in [7, 11) is 0. The van der Waals surface area contributed by atoms with Crippen molar-refractivity contribution in [1.82, 2.24) is 10.2 Å². The van der Waals surface area contributed by atoms with Gasteiger partial charge in [0.1, 0.15) is 0 Å². The zero-order valence-corrected chi connectivity index (χ0v) is 11.3. The lowest BCUT2D eigenvalue weighted by Gasteiger charge is -2.22. The van der Waals surface area contributed by atoms with Crippen LogP contribution in [-0.2, 0) is 11.2 Å². The van der Waals surface area contributed by atoms with Gasteiger partial charge in [-0.25, -0.2) is 8.78 Å². The van der Waals surface area contributed by atoms with E-state index in [0.717, 1.165) is 45.1 Å². The van der Waals surface area contributed by atoms with Crippen LogP contribution < -0.4 is 5.32 Å². The van der Waals surface area contributed by atoms with E-state index >= 15 is 0 Å². The van der Waals surface area contributed by atoms with Crippen molar-refractivity contribution in [3.63, 3.8) is 0 Å². The number of carbonyl (C=O) groups excluding carboxylic acids is 1. The molecule has 5 heteroatoms. The lowest BCUT2D eigenvalue weighted by molar-refractivity contribution is -0.129. The number of halogens is 2. The Bertz CT molecular complexity index is 527. The van der Waals surface area contributed by atoms with Gasteiger partial charge in [-0.2, -0.15) is 0 Å². The number of nitrogens with zero attached hydrogens (tertiary/aromatic N) is 1. The van der Waals surface area contributed by atoms with Crippen molar-refractivity contribution in [1.29, 1.82) is 0 Å². The maximum absolute atomic E-state index is 13.6. The SMILES string of the molecule is O=C(Cc1cccc(F)c1F)N1CCC2(CCNC2)C1. The first-order valence-electron chi connectivity index (χ1n) is 7.01. The van der Waals surface area contributed by atoms with Crippen LogP contribution in [0, 0.1) is 17.0 Å². The monoisotopic (exact) mass is 280 g/mol. The number of amides is 1. The topological polar surface area (TPSA) is 32.3 Å². The smallest absolute Gasteiger partial charge is 0.227 e. The second-order valence-corrected chi connectivity index (χ2v) is 5.88. The van der Waals surface area contributed by atoms with Gasteiger partial charge in [-0.15, -0.1) is 0 Å². The molecule has 3 rings (SSSR count). The molecular formula is C15H18F2N2O. The summed E-state index contributed by atoms with van der Waals surface area (Å²) < 4.78 is 26.7. The third kappa shape index (κ3) is 2.42.